The molecule has 1 aliphatic carbocycles. The van der Waals surface area contributed by atoms with Crippen LogP contribution < -0.4 is 10.6 Å². The monoisotopic (exact) mass is 329 g/mol. The largest absolute Gasteiger partial charge is 0.466 e. The average Bonchev–Trinajstić information content (AvgIpc) is 2.52. The summed E-state index contributed by atoms with van der Waals surface area (Å²) in [4.78, 5) is 16.0. The number of thioether (sulfide) groups is 1. The van der Waals surface area contributed by atoms with Gasteiger partial charge in [0.2, 0.25) is 0 Å². The molecule has 5 nitrogen and oxygen atoms in total. The third-order valence-corrected chi connectivity index (χ3v) is 5.40. The van der Waals surface area contributed by atoms with Crippen molar-refractivity contribution in [2.24, 2.45) is 10.9 Å². The van der Waals surface area contributed by atoms with Crippen molar-refractivity contribution in [2.75, 3.05) is 26.5 Å². The summed E-state index contributed by atoms with van der Waals surface area (Å²) >= 11 is 1.84. The van der Waals surface area contributed by atoms with Gasteiger partial charge in [0.25, 0.3) is 0 Å². The van der Waals surface area contributed by atoms with E-state index in [-0.39, 0.29) is 16.6 Å². The molecule has 0 heterocycles. The molecule has 128 valence electrons. The van der Waals surface area contributed by atoms with E-state index in [0.29, 0.717) is 12.6 Å². The van der Waals surface area contributed by atoms with Crippen LogP contribution in [0.3, 0.4) is 0 Å². The zero-order chi connectivity index (χ0) is 16.6. The molecular weight excluding hydrogens is 298 g/mol. The fraction of sp³-hybridized carbons (Fsp3) is 0.875. The summed E-state index contributed by atoms with van der Waals surface area (Å²) in [6.45, 7) is 7.62. The molecule has 1 saturated carbocycles. The number of nitrogens with zero attached hydrogens (tertiary/aromatic N) is 1. The van der Waals surface area contributed by atoms with E-state index in [1.54, 1.807) is 7.05 Å². The molecule has 0 unspecified atom stereocenters. The van der Waals surface area contributed by atoms with Gasteiger partial charge in [0.1, 0.15) is 0 Å². The van der Waals surface area contributed by atoms with Crippen LogP contribution in [0.5, 0.6) is 0 Å². The quantitative estimate of drug-likeness (QED) is 0.445. The van der Waals surface area contributed by atoms with Crippen molar-refractivity contribution in [2.45, 2.75) is 57.2 Å². The first-order valence-electron chi connectivity index (χ1n) is 8.10. The predicted octanol–water partition coefficient (Wildman–Crippen LogP) is 2.41. The number of carbonyl (C=O) groups is 1. The van der Waals surface area contributed by atoms with Crippen LogP contribution in [-0.4, -0.2) is 49.2 Å². The molecule has 6 heteroatoms. The van der Waals surface area contributed by atoms with Crippen molar-refractivity contribution in [3.05, 3.63) is 0 Å². The Labute approximate surface area is 139 Å². The van der Waals surface area contributed by atoms with Gasteiger partial charge < -0.3 is 15.4 Å². The normalized spacial score (nSPS) is 23.0. The smallest absolute Gasteiger partial charge is 0.308 e. The molecule has 0 spiro atoms. The first kappa shape index (κ1) is 19.1. The van der Waals surface area contributed by atoms with E-state index in [4.69, 9.17) is 4.74 Å². The number of aliphatic imine (C=N–C) groups is 1. The summed E-state index contributed by atoms with van der Waals surface area (Å²) in [6.07, 6.45) is 5.87. The van der Waals surface area contributed by atoms with Crippen molar-refractivity contribution in [3.63, 3.8) is 0 Å². The second kappa shape index (κ2) is 9.28. The Morgan fingerprint density at radius 1 is 1.32 bits per heavy atom. The number of guanidine groups is 1. The molecule has 0 atom stereocenters. The van der Waals surface area contributed by atoms with Crippen LogP contribution in [0.25, 0.3) is 0 Å². The van der Waals surface area contributed by atoms with Gasteiger partial charge in [0.15, 0.2) is 5.96 Å². The van der Waals surface area contributed by atoms with Crippen molar-refractivity contribution >= 4 is 23.7 Å². The Bertz CT molecular complexity index is 378. The zero-order valence-electron chi connectivity index (χ0n) is 14.6. The molecule has 0 aliphatic heterocycles. The zero-order valence-corrected chi connectivity index (χ0v) is 15.4. The highest BCUT2D eigenvalue weighted by atomic mass is 32.2. The first-order chi connectivity index (χ1) is 10.4. The summed E-state index contributed by atoms with van der Waals surface area (Å²) in [5.41, 5.74) is 0. The second-order valence-electron chi connectivity index (χ2n) is 6.33. The highest BCUT2D eigenvalue weighted by Gasteiger charge is 2.27. The molecule has 0 amide bonds. The van der Waals surface area contributed by atoms with Crippen molar-refractivity contribution in [3.8, 4) is 0 Å². The molecule has 0 radical (unpaired) electrons. The third kappa shape index (κ3) is 6.46. The topological polar surface area (TPSA) is 62.7 Å². The summed E-state index contributed by atoms with van der Waals surface area (Å²) in [5.74, 6) is 0.885. The first-order valence-corrected chi connectivity index (χ1v) is 9.33. The minimum Gasteiger partial charge on any atom is -0.466 e. The highest BCUT2D eigenvalue weighted by molar-refractivity contribution is 7.99. The maximum absolute atomic E-state index is 11.7. The summed E-state index contributed by atoms with van der Waals surface area (Å²) in [6, 6.07) is 0.384. The number of carbonyl (C=O) groups excluding carboxylic acids is 1. The van der Waals surface area contributed by atoms with E-state index < -0.39 is 0 Å². The van der Waals surface area contributed by atoms with Gasteiger partial charge in [-0.05, 0) is 52.7 Å². The molecule has 0 aromatic heterocycles. The van der Waals surface area contributed by atoms with Crippen molar-refractivity contribution in [1.82, 2.24) is 10.6 Å². The van der Waals surface area contributed by atoms with E-state index in [9.17, 15) is 4.79 Å². The van der Waals surface area contributed by atoms with Gasteiger partial charge in [-0.3, -0.25) is 9.79 Å². The third-order valence-electron chi connectivity index (χ3n) is 4.15. The minimum absolute atomic E-state index is 0.0369. The molecule has 0 saturated heterocycles. The predicted molar refractivity (Wildman–Crippen MR) is 94.5 cm³/mol. The lowest BCUT2D eigenvalue weighted by atomic mass is 9.86. The lowest BCUT2D eigenvalue weighted by molar-refractivity contribution is -0.149. The van der Waals surface area contributed by atoms with E-state index >= 15 is 0 Å². The summed E-state index contributed by atoms with van der Waals surface area (Å²) < 4.78 is 5.29. The van der Waals surface area contributed by atoms with Gasteiger partial charge in [-0.2, -0.15) is 11.8 Å². The van der Waals surface area contributed by atoms with Gasteiger partial charge in [-0.15, -0.1) is 0 Å². The molecular formula is C16H31N3O2S. The van der Waals surface area contributed by atoms with Crippen LogP contribution in [0.15, 0.2) is 4.99 Å². The molecule has 0 aromatic carbocycles. The number of esters is 1. The van der Waals surface area contributed by atoms with Crippen molar-refractivity contribution < 1.29 is 9.53 Å². The van der Waals surface area contributed by atoms with Crippen LogP contribution in [0.1, 0.15) is 46.5 Å². The summed E-state index contributed by atoms with van der Waals surface area (Å²) in [7, 11) is 1.80. The van der Waals surface area contributed by atoms with Crippen LogP contribution in [-0.2, 0) is 9.53 Å². The molecule has 1 fully saturated rings. The minimum atomic E-state index is -0.0369. The Morgan fingerprint density at radius 3 is 2.45 bits per heavy atom. The Morgan fingerprint density at radius 2 is 1.95 bits per heavy atom. The Balaban J connectivity index is 2.37. The van der Waals surface area contributed by atoms with Gasteiger partial charge in [-0.25, -0.2) is 0 Å². The van der Waals surface area contributed by atoms with Crippen LogP contribution in [0.2, 0.25) is 0 Å². The van der Waals surface area contributed by atoms with Gasteiger partial charge >= 0.3 is 5.97 Å². The second-order valence-corrected chi connectivity index (χ2v) is 7.85. The van der Waals surface area contributed by atoms with Gasteiger partial charge in [0.05, 0.1) is 12.5 Å². The van der Waals surface area contributed by atoms with Crippen LogP contribution in [0, 0.1) is 5.92 Å². The van der Waals surface area contributed by atoms with E-state index in [2.05, 4.69) is 35.7 Å². The van der Waals surface area contributed by atoms with E-state index in [1.807, 2.05) is 18.7 Å². The van der Waals surface area contributed by atoms with Gasteiger partial charge in [0, 0.05) is 24.4 Å². The molecule has 22 heavy (non-hydrogen) atoms. The Hall–Kier alpha value is -0.910. The molecule has 0 aromatic rings. The fourth-order valence-corrected chi connectivity index (χ4v) is 2.71. The van der Waals surface area contributed by atoms with E-state index in [0.717, 1.165) is 38.2 Å². The molecule has 0 bridgehead atoms. The number of rotatable bonds is 6. The molecule has 1 rings (SSSR count). The van der Waals surface area contributed by atoms with E-state index in [1.165, 1.54) is 0 Å². The van der Waals surface area contributed by atoms with Crippen LogP contribution in [0.4, 0.5) is 0 Å². The highest BCUT2D eigenvalue weighted by Crippen LogP contribution is 2.25. The molecule has 1 aliphatic rings. The molecule has 2 N–H and O–H groups in total. The Kier molecular flexibility index (Phi) is 8.07. The number of hydrogen-bond donors (Lipinski definition) is 2. The maximum atomic E-state index is 11.7. The SMILES string of the molecule is CCOC(=O)C1CCC(NC(=NC)NCC(C)(C)SC)CC1. The summed E-state index contributed by atoms with van der Waals surface area (Å²) in [5, 5.41) is 6.86. The standard InChI is InChI=1S/C16H31N3O2S/c1-6-21-14(20)12-7-9-13(10-8-12)19-15(17-4)18-11-16(2,3)22-5/h12-13H,6-11H2,1-5H3,(H2,17,18,19). The number of nitrogens with one attached hydrogen (secondary N) is 2. The fourth-order valence-electron chi connectivity index (χ4n) is 2.49. The lowest BCUT2D eigenvalue weighted by Crippen LogP contribution is -2.48. The number of hydrogen-bond acceptors (Lipinski definition) is 4. The number of ether oxygens (including phenoxy) is 1. The van der Waals surface area contributed by atoms with Gasteiger partial charge in [-0.1, -0.05) is 0 Å². The lowest BCUT2D eigenvalue weighted by Gasteiger charge is -2.30. The van der Waals surface area contributed by atoms with Crippen LogP contribution >= 0.6 is 11.8 Å². The average molecular weight is 330 g/mol. The maximum Gasteiger partial charge on any atom is 0.308 e. The van der Waals surface area contributed by atoms with Crippen molar-refractivity contribution in [1.29, 1.82) is 0 Å².